The van der Waals surface area contributed by atoms with E-state index in [9.17, 15) is 4.79 Å². The number of hydrogen-bond acceptors (Lipinski definition) is 3. The van der Waals surface area contributed by atoms with Gasteiger partial charge in [-0.3, -0.25) is 4.79 Å². The second-order valence-corrected chi connectivity index (χ2v) is 3.23. The number of aliphatic carboxylic acids is 1. The minimum atomic E-state index is -0.880. The topological polar surface area (TPSA) is 69.6 Å². The quantitative estimate of drug-likeness (QED) is 0.474. The zero-order valence-corrected chi connectivity index (χ0v) is 8.26. The number of hydrogen-bond donors (Lipinski definition) is 3. The Labute approximate surface area is 89.1 Å². The third-order valence-corrected chi connectivity index (χ3v) is 2.11. The fourth-order valence-electron chi connectivity index (χ4n) is 1.33. The van der Waals surface area contributed by atoms with Gasteiger partial charge in [0.15, 0.2) is 7.28 Å². The number of benzene rings is 1. The van der Waals surface area contributed by atoms with Gasteiger partial charge in [0, 0.05) is 5.82 Å². The Hall–Kier alpha value is -1.33. The summed E-state index contributed by atoms with van der Waals surface area (Å²) in [5.74, 6) is -1.46. The molecule has 5 heteroatoms. The third kappa shape index (κ3) is 4.14. The van der Waals surface area contributed by atoms with Crippen molar-refractivity contribution in [2.24, 2.45) is 0 Å². The maximum absolute atomic E-state index is 10.9. The van der Waals surface area contributed by atoms with Crippen molar-refractivity contribution < 1.29 is 15.1 Å². The van der Waals surface area contributed by atoms with Crippen LogP contribution >= 0.6 is 0 Å². The zero-order chi connectivity index (χ0) is 11.1. The number of carbonyl (C=O) groups is 1. The molecule has 3 N–H and O–H groups in total. The lowest BCUT2D eigenvalue weighted by Gasteiger charge is -2.10. The van der Waals surface area contributed by atoms with E-state index in [-0.39, 0.29) is 6.44 Å². The Morgan fingerprint density at radius 3 is 2.60 bits per heavy atom. The Bertz CT molecular complexity index is 305. The predicted molar refractivity (Wildman–Crippen MR) is 57.1 cm³/mol. The molecule has 4 nitrogen and oxygen atoms in total. The van der Waals surface area contributed by atoms with Gasteiger partial charge in [0.2, 0.25) is 0 Å². The van der Waals surface area contributed by atoms with E-state index in [1.807, 2.05) is 35.8 Å². The van der Waals surface area contributed by atoms with Gasteiger partial charge in [-0.1, -0.05) is 30.3 Å². The smallest absolute Gasteiger partial charge is 0.298 e. The van der Waals surface area contributed by atoms with E-state index in [0.717, 1.165) is 5.56 Å². The van der Waals surface area contributed by atoms with Crippen LogP contribution in [-0.2, 0) is 11.2 Å². The molecule has 0 saturated heterocycles. The third-order valence-electron chi connectivity index (χ3n) is 2.11. The minimum Gasteiger partial charge on any atom is -0.482 e. The summed E-state index contributed by atoms with van der Waals surface area (Å²) >= 11 is 0. The molecular formula is C10H13BNO3. The highest BCUT2D eigenvalue weighted by molar-refractivity contribution is 6.43. The molecule has 0 spiro atoms. The highest BCUT2D eigenvalue weighted by atomic mass is 16.5. The van der Waals surface area contributed by atoms with Gasteiger partial charge in [0.05, 0.1) is 0 Å². The average Bonchev–Trinajstić information content (AvgIpc) is 2.25. The SMILES string of the molecule is O=C(O)C([B]CNO)Cc1ccccc1. The predicted octanol–water partition coefficient (Wildman–Crippen LogP) is 0.743. The highest BCUT2D eigenvalue weighted by Gasteiger charge is 2.18. The summed E-state index contributed by atoms with van der Waals surface area (Å²) in [6.07, 6.45) is 0.613. The molecular weight excluding hydrogens is 193 g/mol. The van der Waals surface area contributed by atoms with Crippen LogP contribution in [-0.4, -0.2) is 30.0 Å². The molecule has 0 saturated carbocycles. The molecule has 0 aliphatic heterocycles. The van der Waals surface area contributed by atoms with Crippen LogP contribution in [0.4, 0.5) is 0 Å². The van der Waals surface area contributed by atoms with Crippen molar-refractivity contribution in [2.45, 2.75) is 12.2 Å². The van der Waals surface area contributed by atoms with Crippen molar-refractivity contribution in [1.82, 2.24) is 5.48 Å². The molecule has 1 unspecified atom stereocenters. The largest absolute Gasteiger partial charge is 0.482 e. The summed E-state index contributed by atoms with van der Waals surface area (Å²) < 4.78 is 0. The van der Waals surface area contributed by atoms with Crippen molar-refractivity contribution in [2.75, 3.05) is 6.44 Å². The molecule has 0 bridgehead atoms. The summed E-state index contributed by atoms with van der Waals surface area (Å²) in [6.45, 7) is 0. The van der Waals surface area contributed by atoms with Gasteiger partial charge in [-0.15, -0.1) is 0 Å². The van der Waals surface area contributed by atoms with E-state index in [0.29, 0.717) is 6.42 Å². The number of hydroxylamine groups is 1. The highest BCUT2D eigenvalue weighted by Crippen LogP contribution is 2.12. The van der Waals surface area contributed by atoms with E-state index in [1.54, 1.807) is 0 Å². The zero-order valence-electron chi connectivity index (χ0n) is 8.26. The molecule has 1 aromatic rings. The minimum absolute atomic E-state index is 0.170. The normalized spacial score (nSPS) is 12.1. The fraction of sp³-hybridized carbons (Fsp3) is 0.300. The number of carboxylic acid groups (broad SMARTS) is 1. The lowest BCUT2D eigenvalue weighted by atomic mass is 9.62. The fourth-order valence-corrected chi connectivity index (χ4v) is 1.33. The molecule has 0 heterocycles. The molecule has 0 fully saturated rings. The van der Waals surface area contributed by atoms with Crippen LogP contribution in [0.3, 0.4) is 0 Å². The summed E-state index contributed by atoms with van der Waals surface area (Å²) in [7, 11) is 1.54. The molecule has 1 aromatic carbocycles. The van der Waals surface area contributed by atoms with Crippen LogP contribution < -0.4 is 5.48 Å². The van der Waals surface area contributed by atoms with Gasteiger partial charge in [-0.05, 0) is 18.4 Å². The maximum Gasteiger partial charge on any atom is 0.298 e. The monoisotopic (exact) mass is 206 g/mol. The van der Waals surface area contributed by atoms with Crippen molar-refractivity contribution in [3.8, 4) is 0 Å². The van der Waals surface area contributed by atoms with E-state index in [1.165, 1.54) is 7.28 Å². The standard InChI is InChI=1S/C10H13BNO3/c13-10(14)9(11-7-12-15)6-8-4-2-1-3-5-8/h1-5,9,12,15H,6-7H2,(H,13,14). The average molecular weight is 206 g/mol. The van der Waals surface area contributed by atoms with Crippen LogP contribution in [0.5, 0.6) is 0 Å². The van der Waals surface area contributed by atoms with E-state index in [4.69, 9.17) is 10.3 Å². The summed E-state index contributed by atoms with van der Waals surface area (Å²) in [4.78, 5) is 10.9. The van der Waals surface area contributed by atoms with Crippen LogP contribution in [0.2, 0.25) is 5.82 Å². The van der Waals surface area contributed by atoms with Gasteiger partial charge < -0.3 is 10.3 Å². The molecule has 15 heavy (non-hydrogen) atoms. The molecule has 0 aliphatic rings. The van der Waals surface area contributed by atoms with Gasteiger partial charge >= 0.3 is 0 Å². The molecule has 1 rings (SSSR count). The lowest BCUT2D eigenvalue weighted by Crippen LogP contribution is -2.25. The van der Waals surface area contributed by atoms with Gasteiger partial charge in [-0.2, -0.15) is 0 Å². The van der Waals surface area contributed by atoms with Crippen LogP contribution in [0.1, 0.15) is 5.56 Å². The maximum atomic E-state index is 10.9. The second kappa shape index (κ2) is 6.21. The first-order chi connectivity index (χ1) is 7.24. The Morgan fingerprint density at radius 2 is 2.07 bits per heavy atom. The molecule has 0 amide bonds. The Kier molecular flexibility index (Phi) is 4.87. The molecule has 0 aromatic heterocycles. The van der Waals surface area contributed by atoms with E-state index in [2.05, 4.69) is 0 Å². The molecule has 79 valence electrons. The van der Waals surface area contributed by atoms with E-state index < -0.39 is 11.8 Å². The number of rotatable bonds is 6. The number of carboxylic acids is 1. The lowest BCUT2D eigenvalue weighted by molar-refractivity contribution is -0.136. The first kappa shape index (κ1) is 11.7. The van der Waals surface area contributed by atoms with Crippen molar-refractivity contribution in [3.63, 3.8) is 0 Å². The van der Waals surface area contributed by atoms with Gasteiger partial charge in [0.1, 0.15) is 0 Å². The molecule has 0 aliphatic carbocycles. The number of nitrogens with one attached hydrogen (secondary N) is 1. The van der Waals surface area contributed by atoms with Crippen molar-refractivity contribution in [1.29, 1.82) is 0 Å². The van der Waals surface area contributed by atoms with Gasteiger partial charge in [0.25, 0.3) is 5.97 Å². The first-order valence-electron chi connectivity index (χ1n) is 4.71. The summed E-state index contributed by atoms with van der Waals surface area (Å²) in [5, 5.41) is 17.3. The van der Waals surface area contributed by atoms with Crippen LogP contribution in [0.25, 0.3) is 0 Å². The molecule has 1 atom stereocenters. The van der Waals surface area contributed by atoms with Crippen molar-refractivity contribution in [3.05, 3.63) is 35.9 Å². The van der Waals surface area contributed by atoms with Crippen molar-refractivity contribution >= 4 is 13.2 Å². The summed E-state index contributed by atoms with van der Waals surface area (Å²) in [5.41, 5.74) is 2.89. The molecule has 1 radical (unpaired) electrons. The second-order valence-electron chi connectivity index (χ2n) is 3.23. The Balaban J connectivity index is 2.55. The van der Waals surface area contributed by atoms with Crippen LogP contribution in [0, 0.1) is 0 Å². The van der Waals surface area contributed by atoms with E-state index >= 15 is 0 Å². The van der Waals surface area contributed by atoms with Crippen LogP contribution in [0.15, 0.2) is 30.3 Å². The van der Waals surface area contributed by atoms with Gasteiger partial charge in [-0.25, -0.2) is 5.48 Å². The summed E-state index contributed by atoms with van der Waals surface area (Å²) in [6, 6.07) is 9.40. The first-order valence-corrected chi connectivity index (χ1v) is 4.71. The Morgan fingerprint density at radius 1 is 1.40 bits per heavy atom.